The normalized spacial score (nSPS) is 12.9. The lowest BCUT2D eigenvalue weighted by atomic mass is 10.1. The van der Waals surface area contributed by atoms with Crippen LogP contribution in [0.5, 0.6) is 5.75 Å². The highest BCUT2D eigenvalue weighted by Gasteiger charge is 2.14. The van der Waals surface area contributed by atoms with Gasteiger partial charge in [0, 0.05) is 5.71 Å². The summed E-state index contributed by atoms with van der Waals surface area (Å²) in [6.45, 7) is 5.78. The van der Waals surface area contributed by atoms with Crippen LogP contribution in [0, 0.1) is 0 Å². The average Bonchev–Trinajstić information content (AvgIpc) is 2.57. The molecular formula is C19H24N2O2. The first kappa shape index (κ1) is 17.0. The van der Waals surface area contributed by atoms with Gasteiger partial charge in [-0.1, -0.05) is 43.7 Å². The number of benzene rings is 2. The third-order valence-electron chi connectivity index (χ3n) is 3.65. The Balaban J connectivity index is 1.94. The first-order chi connectivity index (χ1) is 11.1. The molecule has 0 fully saturated rings. The minimum atomic E-state index is -0.598. The van der Waals surface area contributed by atoms with Crippen molar-refractivity contribution in [3.63, 3.8) is 0 Å². The van der Waals surface area contributed by atoms with Gasteiger partial charge in [-0.15, -0.1) is 0 Å². The van der Waals surface area contributed by atoms with E-state index in [4.69, 9.17) is 4.74 Å². The number of ether oxygens (including phenoxy) is 1. The zero-order valence-corrected chi connectivity index (χ0v) is 14.0. The van der Waals surface area contributed by atoms with Crippen molar-refractivity contribution in [3.8, 4) is 5.75 Å². The number of nitrogens with one attached hydrogen (secondary N) is 1. The average molecular weight is 312 g/mol. The van der Waals surface area contributed by atoms with Crippen molar-refractivity contribution in [1.29, 1.82) is 0 Å². The molecule has 0 aliphatic carbocycles. The van der Waals surface area contributed by atoms with Gasteiger partial charge in [0.05, 0.1) is 0 Å². The van der Waals surface area contributed by atoms with Gasteiger partial charge in [-0.05, 0) is 49.6 Å². The maximum atomic E-state index is 12.0. The third kappa shape index (κ3) is 5.09. The molecule has 2 aromatic rings. The quantitative estimate of drug-likeness (QED) is 0.612. The Labute approximate surface area is 137 Å². The van der Waals surface area contributed by atoms with Crippen LogP contribution in [0.1, 0.15) is 40.0 Å². The van der Waals surface area contributed by atoms with Crippen LogP contribution in [0.2, 0.25) is 0 Å². The van der Waals surface area contributed by atoms with Crippen LogP contribution in [-0.2, 0) is 4.79 Å². The third-order valence-corrected chi connectivity index (χ3v) is 3.65. The van der Waals surface area contributed by atoms with E-state index < -0.39 is 6.10 Å². The number of fused-ring (bicyclic) bond motifs is 1. The molecule has 0 spiro atoms. The predicted molar refractivity (Wildman–Crippen MR) is 94.8 cm³/mol. The van der Waals surface area contributed by atoms with E-state index in [-0.39, 0.29) is 5.91 Å². The van der Waals surface area contributed by atoms with Crippen molar-refractivity contribution in [1.82, 2.24) is 5.43 Å². The summed E-state index contributed by atoms with van der Waals surface area (Å²) in [5.41, 5.74) is 3.50. The van der Waals surface area contributed by atoms with Gasteiger partial charge in [-0.2, -0.15) is 5.10 Å². The fourth-order valence-corrected chi connectivity index (χ4v) is 2.23. The van der Waals surface area contributed by atoms with Gasteiger partial charge in [0.15, 0.2) is 6.10 Å². The molecule has 0 radical (unpaired) electrons. The van der Waals surface area contributed by atoms with Gasteiger partial charge in [0.2, 0.25) is 0 Å². The fraction of sp³-hybridized carbons (Fsp3) is 0.368. The summed E-state index contributed by atoms with van der Waals surface area (Å²) in [5, 5.41) is 6.35. The van der Waals surface area contributed by atoms with E-state index >= 15 is 0 Å². The zero-order valence-electron chi connectivity index (χ0n) is 14.0. The molecule has 0 saturated carbocycles. The van der Waals surface area contributed by atoms with Gasteiger partial charge in [0.1, 0.15) is 5.75 Å². The molecule has 0 heterocycles. The molecule has 2 aromatic carbocycles. The lowest BCUT2D eigenvalue weighted by Crippen LogP contribution is -2.33. The van der Waals surface area contributed by atoms with Crippen molar-refractivity contribution < 1.29 is 9.53 Å². The Morgan fingerprint density at radius 2 is 1.96 bits per heavy atom. The number of unbranched alkanes of at least 4 members (excludes halogenated alkanes) is 1. The van der Waals surface area contributed by atoms with E-state index in [1.807, 2.05) is 49.4 Å². The second kappa shape index (κ2) is 8.32. The maximum absolute atomic E-state index is 12.0. The summed E-state index contributed by atoms with van der Waals surface area (Å²) in [6.07, 6.45) is 2.49. The summed E-state index contributed by atoms with van der Waals surface area (Å²) in [5.74, 6) is 0.437. The van der Waals surface area contributed by atoms with E-state index in [0.717, 1.165) is 35.7 Å². The van der Waals surface area contributed by atoms with Crippen LogP contribution in [0.3, 0.4) is 0 Å². The second-order valence-corrected chi connectivity index (χ2v) is 5.70. The highest BCUT2D eigenvalue weighted by atomic mass is 16.5. The Bertz CT molecular complexity index is 695. The standard InChI is InChI=1S/C19H24N2O2/c1-4-5-8-14(2)20-21-19(22)15(3)23-18-12-11-16-9-6-7-10-17(16)13-18/h6-7,9-13,15H,4-5,8H2,1-3H3,(H,21,22)/b20-14-/t15-/m0/s1. The molecule has 0 aliphatic heterocycles. The Kier molecular flexibility index (Phi) is 6.15. The SMILES string of the molecule is CCCC/C(C)=N\NC(=O)[C@H](C)Oc1ccc2ccccc2c1. The number of rotatable bonds is 7. The lowest BCUT2D eigenvalue weighted by Gasteiger charge is -2.13. The molecule has 0 aromatic heterocycles. The molecular weight excluding hydrogens is 288 g/mol. The van der Waals surface area contributed by atoms with Crippen LogP contribution in [-0.4, -0.2) is 17.7 Å². The topological polar surface area (TPSA) is 50.7 Å². The van der Waals surface area contributed by atoms with Crippen molar-refractivity contribution in [3.05, 3.63) is 42.5 Å². The van der Waals surface area contributed by atoms with E-state index in [2.05, 4.69) is 17.5 Å². The Hall–Kier alpha value is -2.36. The predicted octanol–water partition coefficient (Wildman–Crippen LogP) is 4.29. The number of nitrogens with zero attached hydrogens (tertiary/aromatic N) is 1. The van der Waals surface area contributed by atoms with Gasteiger partial charge in [-0.25, -0.2) is 5.43 Å². The molecule has 0 aliphatic rings. The largest absolute Gasteiger partial charge is 0.481 e. The lowest BCUT2D eigenvalue weighted by molar-refractivity contribution is -0.127. The maximum Gasteiger partial charge on any atom is 0.280 e. The van der Waals surface area contributed by atoms with Gasteiger partial charge in [0.25, 0.3) is 5.91 Å². The molecule has 1 atom stereocenters. The zero-order chi connectivity index (χ0) is 16.7. The van der Waals surface area contributed by atoms with E-state index in [9.17, 15) is 4.79 Å². The Morgan fingerprint density at radius 1 is 1.22 bits per heavy atom. The monoisotopic (exact) mass is 312 g/mol. The summed E-state index contributed by atoms with van der Waals surface area (Å²) in [4.78, 5) is 12.0. The van der Waals surface area contributed by atoms with Crippen molar-refractivity contribution in [2.24, 2.45) is 5.10 Å². The molecule has 4 nitrogen and oxygen atoms in total. The van der Waals surface area contributed by atoms with Crippen LogP contribution in [0.25, 0.3) is 10.8 Å². The first-order valence-electron chi connectivity index (χ1n) is 8.08. The highest BCUT2D eigenvalue weighted by molar-refractivity contribution is 5.86. The number of hydrazone groups is 1. The molecule has 2 rings (SSSR count). The molecule has 122 valence electrons. The van der Waals surface area contributed by atoms with Crippen LogP contribution >= 0.6 is 0 Å². The van der Waals surface area contributed by atoms with Gasteiger partial charge >= 0.3 is 0 Å². The van der Waals surface area contributed by atoms with Crippen molar-refractivity contribution >= 4 is 22.4 Å². The molecule has 23 heavy (non-hydrogen) atoms. The number of carbonyl (C=O) groups excluding carboxylic acids is 1. The molecule has 1 N–H and O–H groups in total. The van der Waals surface area contributed by atoms with E-state index in [0.29, 0.717) is 5.75 Å². The minimum Gasteiger partial charge on any atom is -0.481 e. The van der Waals surface area contributed by atoms with Gasteiger partial charge in [-0.3, -0.25) is 4.79 Å². The smallest absolute Gasteiger partial charge is 0.280 e. The van der Waals surface area contributed by atoms with Crippen LogP contribution in [0.4, 0.5) is 0 Å². The molecule has 0 bridgehead atoms. The fourth-order valence-electron chi connectivity index (χ4n) is 2.23. The summed E-state index contributed by atoms with van der Waals surface area (Å²) < 4.78 is 5.72. The molecule has 1 amide bonds. The summed E-state index contributed by atoms with van der Waals surface area (Å²) >= 11 is 0. The summed E-state index contributed by atoms with van der Waals surface area (Å²) in [6, 6.07) is 13.9. The van der Waals surface area contributed by atoms with Crippen molar-refractivity contribution in [2.45, 2.75) is 46.1 Å². The first-order valence-corrected chi connectivity index (χ1v) is 8.08. The molecule has 0 unspecified atom stereocenters. The van der Waals surface area contributed by atoms with E-state index in [1.54, 1.807) is 6.92 Å². The van der Waals surface area contributed by atoms with E-state index in [1.165, 1.54) is 0 Å². The highest BCUT2D eigenvalue weighted by Crippen LogP contribution is 2.21. The Morgan fingerprint density at radius 3 is 2.70 bits per heavy atom. The molecule has 4 heteroatoms. The van der Waals surface area contributed by atoms with Crippen LogP contribution < -0.4 is 10.2 Å². The summed E-state index contributed by atoms with van der Waals surface area (Å²) in [7, 11) is 0. The number of amides is 1. The number of carbonyl (C=O) groups is 1. The number of hydrogen-bond acceptors (Lipinski definition) is 3. The minimum absolute atomic E-state index is 0.242. The van der Waals surface area contributed by atoms with Crippen LogP contribution in [0.15, 0.2) is 47.6 Å². The van der Waals surface area contributed by atoms with Crippen molar-refractivity contribution in [2.75, 3.05) is 0 Å². The second-order valence-electron chi connectivity index (χ2n) is 5.70. The molecule has 0 saturated heterocycles. The van der Waals surface area contributed by atoms with Gasteiger partial charge < -0.3 is 4.74 Å². The number of hydrogen-bond donors (Lipinski definition) is 1.